The Kier molecular flexibility index (Phi) is 2.90. The molecule has 1 heterocycles. The molecule has 4 aromatic carbocycles. The second-order valence-electron chi connectivity index (χ2n) is 6.63. The van der Waals surface area contributed by atoms with Gasteiger partial charge >= 0.3 is 0 Å². The van der Waals surface area contributed by atoms with Crippen molar-refractivity contribution in [3.63, 3.8) is 0 Å². The Labute approximate surface area is 142 Å². The zero-order valence-electron chi connectivity index (χ0n) is 13.8. The lowest BCUT2D eigenvalue weighted by atomic mass is 9.96. The van der Waals surface area contributed by atoms with Crippen LogP contribution in [0.4, 0.5) is 11.4 Å². The highest BCUT2D eigenvalue weighted by atomic mass is 15.1. The third-order valence-corrected chi connectivity index (χ3v) is 5.38. The van der Waals surface area contributed by atoms with Crippen LogP contribution >= 0.6 is 0 Å². The molecule has 24 heavy (non-hydrogen) atoms. The van der Waals surface area contributed by atoms with Gasteiger partial charge in [-0.25, -0.2) is 0 Å². The van der Waals surface area contributed by atoms with Gasteiger partial charge in [-0.1, -0.05) is 60.7 Å². The molecule has 0 atom stereocenters. The quantitative estimate of drug-likeness (QED) is 0.393. The summed E-state index contributed by atoms with van der Waals surface area (Å²) in [5.74, 6) is 0. The van der Waals surface area contributed by atoms with E-state index < -0.39 is 0 Å². The predicted molar refractivity (Wildman–Crippen MR) is 103 cm³/mol. The molecule has 0 saturated carbocycles. The van der Waals surface area contributed by atoms with E-state index in [1.165, 1.54) is 44.0 Å². The Morgan fingerprint density at radius 1 is 0.583 bits per heavy atom. The number of anilines is 2. The van der Waals surface area contributed by atoms with Gasteiger partial charge in [0.1, 0.15) is 0 Å². The number of rotatable bonds is 0. The highest BCUT2D eigenvalue weighted by Gasteiger charge is 2.20. The van der Waals surface area contributed by atoms with Crippen molar-refractivity contribution in [2.45, 2.75) is 12.8 Å². The molecule has 5 rings (SSSR count). The molecule has 0 N–H and O–H groups in total. The second-order valence-corrected chi connectivity index (χ2v) is 6.63. The van der Waals surface area contributed by atoms with Gasteiger partial charge < -0.3 is 4.90 Å². The van der Waals surface area contributed by atoms with E-state index in [1.807, 2.05) is 0 Å². The average molecular weight is 309 g/mol. The maximum atomic E-state index is 2.37. The van der Waals surface area contributed by atoms with Crippen LogP contribution < -0.4 is 4.90 Å². The van der Waals surface area contributed by atoms with Crippen molar-refractivity contribution >= 4 is 32.9 Å². The molecule has 0 amide bonds. The summed E-state index contributed by atoms with van der Waals surface area (Å²) in [6.45, 7) is 0. The van der Waals surface area contributed by atoms with Gasteiger partial charge in [-0.15, -0.1) is 0 Å². The summed E-state index contributed by atoms with van der Waals surface area (Å²) in [6, 6.07) is 26.5. The van der Waals surface area contributed by atoms with Crippen LogP contribution in [0.3, 0.4) is 0 Å². The smallest absolute Gasteiger partial charge is 0.0447 e. The first-order valence-electron chi connectivity index (χ1n) is 8.58. The number of hydrogen-bond donors (Lipinski definition) is 0. The van der Waals surface area contributed by atoms with Gasteiger partial charge in [0.25, 0.3) is 0 Å². The molecule has 1 heteroatoms. The average Bonchev–Trinajstić information content (AvgIpc) is 2.79. The lowest BCUT2D eigenvalue weighted by molar-refractivity contribution is 0.995. The van der Waals surface area contributed by atoms with E-state index in [2.05, 4.69) is 84.7 Å². The SMILES string of the molecule is CN1c2ccc3ccccc3c2CCc2c1ccc1ccccc21. The van der Waals surface area contributed by atoms with E-state index in [1.54, 1.807) is 0 Å². The topological polar surface area (TPSA) is 3.24 Å². The van der Waals surface area contributed by atoms with Crippen LogP contribution in [0.5, 0.6) is 0 Å². The monoisotopic (exact) mass is 309 g/mol. The molecule has 0 unspecified atom stereocenters. The lowest BCUT2D eigenvalue weighted by Gasteiger charge is -2.23. The van der Waals surface area contributed by atoms with Crippen molar-refractivity contribution < 1.29 is 0 Å². The van der Waals surface area contributed by atoms with Crippen LogP contribution in [0, 0.1) is 0 Å². The normalized spacial score (nSPS) is 13.6. The van der Waals surface area contributed by atoms with Crippen LogP contribution in [0.1, 0.15) is 11.1 Å². The molecular weight excluding hydrogens is 290 g/mol. The summed E-state index contributed by atoms with van der Waals surface area (Å²) in [5.41, 5.74) is 5.61. The summed E-state index contributed by atoms with van der Waals surface area (Å²) < 4.78 is 0. The van der Waals surface area contributed by atoms with Crippen molar-refractivity contribution in [2.75, 3.05) is 11.9 Å². The van der Waals surface area contributed by atoms with E-state index in [0.29, 0.717) is 0 Å². The summed E-state index contributed by atoms with van der Waals surface area (Å²) in [5, 5.41) is 5.44. The first kappa shape index (κ1) is 13.6. The largest absolute Gasteiger partial charge is 0.344 e. The minimum Gasteiger partial charge on any atom is -0.344 e. The van der Waals surface area contributed by atoms with Crippen molar-refractivity contribution in [3.8, 4) is 0 Å². The van der Waals surface area contributed by atoms with Crippen molar-refractivity contribution in [1.29, 1.82) is 0 Å². The van der Waals surface area contributed by atoms with Crippen LogP contribution in [-0.2, 0) is 12.8 Å². The number of benzene rings is 4. The molecule has 0 saturated heterocycles. The molecule has 0 radical (unpaired) electrons. The van der Waals surface area contributed by atoms with Crippen molar-refractivity contribution in [2.24, 2.45) is 0 Å². The number of fused-ring (bicyclic) bond motifs is 6. The van der Waals surface area contributed by atoms with Gasteiger partial charge in [0.05, 0.1) is 0 Å². The van der Waals surface area contributed by atoms with Gasteiger partial charge in [-0.05, 0) is 57.6 Å². The molecule has 0 aromatic heterocycles. The van der Waals surface area contributed by atoms with E-state index in [9.17, 15) is 0 Å². The van der Waals surface area contributed by atoms with Crippen molar-refractivity contribution in [3.05, 3.63) is 83.9 Å². The first-order valence-corrected chi connectivity index (χ1v) is 8.58. The maximum absolute atomic E-state index is 2.37. The Bertz CT molecular complexity index is 991. The molecule has 4 aromatic rings. The Morgan fingerprint density at radius 3 is 1.54 bits per heavy atom. The fourth-order valence-electron chi connectivity index (χ4n) is 4.18. The van der Waals surface area contributed by atoms with Gasteiger partial charge in [0.2, 0.25) is 0 Å². The Balaban J connectivity index is 1.79. The minimum absolute atomic E-state index is 1.09. The zero-order valence-corrected chi connectivity index (χ0v) is 13.8. The molecule has 1 aliphatic heterocycles. The predicted octanol–water partition coefficient (Wildman–Crippen LogP) is 5.86. The molecular formula is C23H19N. The fourth-order valence-corrected chi connectivity index (χ4v) is 4.18. The van der Waals surface area contributed by atoms with Gasteiger partial charge in [0, 0.05) is 18.4 Å². The number of hydrogen-bond acceptors (Lipinski definition) is 1. The van der Waals surface area contributed by atoms with Gasteiger partial charge in [0.15, 0.2) is 0 Å². The summed E-state index contributed by atoms with van der Waals surface area (Å²) >= 11 is 0. The van der Waals surface area contributed by atoms with Crippen molar-refractivity contribution in [1.82, 2.24) is 0 Å². The Hall–Kier alpha value is -2.80. The molecule has 0 spiro atoms. The third-order valence-electron chi connectivity index (χ3n) is 5.38. The minimum atomic E-state index is 1.09. The standard InChI is InChI=1S/C23H19N/c1-24-22-14-10-16-6-2-4-8-18(16)20(22)12-13-21-19-9-5-3-7-17(19)11-15-23(21)24/h2-11,14-15H,12-13H2,1H3. The Morgan fingerprint density at radius 2 is 1.04 bits per heavy atom. The zero-order chi connectivity index (χ0) is 16.1. The molecule has 1 nitrogen and oxygen atoms in total. The summed E-state index contributed by atoms with van der Waals surface area (Å²) in [7, 11) is 2.20. The molecule has 1 aliphatic rings. The van der Waals surface area contributed by atoms with Crippen LogP contribution in [0.15, 0.2) is 72.8 Å². The number of nitrogens with zero attached hydrogens (tertiary/aromatic N) is 1. The van der Waals surface area contributed by atoms with E-state index in [-0.39, 0.29) is 0 Å². The lowest BCUT2D eigenvalue weighted by Crippen LogP contribution is -2.11. The second kappa shape index (κ2) is 5.10. The molecule has 0 bridgehead atoms. The highest BCUT2D eigenvalue weighted by molar-refractivity contribution is 5.95. The van der Waals surface area contributed by atoms with E-state index in [4.69, 9.17) is 0 Å². The highest BCUT2D eigenvalue weighted by Crippen LogP contribution is 2.40. The summed E-state index contributed by atoms with van der Waals surface area (Å²) in [4.78, 5) is 2.37. The van der Waals surface area contributed by atoms with Gasteiger partial charge in [-0.2, -0.15) is 0 Å². The molecule has 0 aliphatic carbocycles. The van der Waals surface area contributed by atoms with E-state index in [0.717, 1.165) is 12.8 Å². The van der Waals surface area contributed by atoms with Crippen LogP contribution in [-0.4, -0.2) is 7.05 Å². The molecule has 0 fully saturated rings. The first-order chi connectivity index (χ1) is 11.8. The van der Waals surface area contributed by atoms with E-state index >= 15 is 0 Å². The van der Waals surface area contributed by atoms with Gasteiger partial charge in [-0.3, -0.25) is 0 Å². The van der Waals surface area contributed by atoms with Crippen LogP contribution in [0.2, 0.25) is 0 Å². The van der Waals surface area contributed by atoms with Crippen LogP contribution in [0.25, 0.3) is 21.5 Å². The fraction of sp³-hybridized carbons (Fsp3) is 0.130. The maximum Gasteiger partial charge on any atom is 0.0447 e. The third kappa shape index (κ3) is 1.88. The molecule has 116 valence electrons. The summed E-state index contributed by atoms with van der Waals surface area (Å²) in [6.07, 6.45) is 2.17. The number of aryl methyl sites for hydroxylation is 2.